The zero-order chi connectivity index (χ0) is 13.6. The molecular weight excluding hydrogens is 226 g/mol. The molecule has 0 rings (SSSR count). The van der Waals surface area contributed by atoms with Crippen LogP contribution in [0.3, 0.4) is 0 Å². The predicted molar refractivity (Wildman–Crippen MR) is 60.7 cm³/mol. The second kappa shape index (κ2) is 6.22. The lowest BCUT2D eigenvalue weighted by Crippen LogP contribution is -2.43. The molecule has 98 valence electrons. The molecule has 0 radical (unpaired) electrons. The number of aliphatic carboxylic acids is 1. The molecule has 0 spiro atoms. The largest absolute Gasteiger partial charge is 0.480 e. The summed E-state index contributed by atoms with van der Waals surface area (Å²) in [7, 11) is 0. The van der Waals surface area contributed by atoms with E-state index in [4.69, 9.17) is 9.84 Å². The first-order valence-electron chi connectivity index (χ1n) is 5.33. The Labute approximate surface area is 100 Å². The molecule has 0 aromatic rings. The lowest BCUT2D eigenvalue weighted by atomic mass is 10.1. The van der Waals surface area contributed by atoms with Gasteiger partial charge < -0.3 is 20.0 Å². The van der Waals surface area contributed by atoms with Crippen LogP contribution in [0, 0.1) is 0 Å². The summed E-state index contributed by atoms with van der Waals surface area (Å²) >= 11 is 0. The fraction of sp³-hybridized carbons (Fsp3) is 0.727. The molecule has 0 unspecified atom stereocenters. The van der Waals surface area contributed by atoms with E-state index < -0.39 is 23.7 Å². The smallest absolute Gasteiger partial charge is 0.408 e. The molecule has 6 nitrogen and oxygen atoms in total. The average molecular weight is 245 g/mol. The van der Waals surface area contributed by atoms with Gasteiger partial charge in [0.2, 0.25) is 0 Å². The number of amides is 1. The molecule has 0 aliphatic rings. The summed E-state index contributed by atoms with van der Waals surface area (Å²) in [5, 5.41) is 11.1. The first-order chi connectivity index (χ1) is 7.61. The van der Waals surface area contributed by atoms with Crippen LogP contribution in [0.2, 0.25) is 0 Å². The highest BCUT2D eigenvalue weighted by Crippen LogP contribution is 2.07. The highest BCUT2D eigenvalue weighted by molar-refractivity contribution is 5.81. The molecular formula is C11H19NO5. The predicted octanol–water partition coefficient (Wildman–Crippen LogP) is 1.33. The minimum Gasteiger partial charge on any atom is -0.480 e. The first-order valence-corrected chi connectivity index (χ1v) is 5.33. The summed E-state index contributed by atoms with van der Waals surface area (Å²) in [4.78, 5) is 32.9. The second-order valence-electron chi connectivity index (χ2n) is 4.78. The van der Waals surface area contributed by atoms with Gasteiger partial charge in [-0.3, -0.25) is 0 Å². The first kappa shape index (κ1) is 15.4. The molecule has 1 atom stereocenters. The SMILES string of the molecule is CC(=O)CC[C@H](NC(=O)OC(C)(C)C)C(=O)O. The third-order valence-corrected chi connectivity index (χ3v) is 1.77. The van der Waals surface area contributed by atoms with Crippen molar-refractivity contribution in [3.63, 3.8) is 0 Å². The van der Waals surface area contributed by atoms with Crippen LogP contribution in [0.5, 0.6) is 0 Å². The zero-order valence-corrected chi connectivity index (χ0v) is 10.6. The van der Waals surface area contributed by atoms with Gasteiger partial charge in [-0.2, -0.15) is 0 Å². The second-order valence-corrected chi connectivity index (χ2v) is 4.78. The average Bonchev–Trinajstić information content (AvgIpc) is 2.08. The molecule has 2 N–H and O–H groups in total. The number of ether oxygens (including phenoxy) is 1. The number of carboxylic acids is 1. The van der Waals surface area contributed by atoms with Crippen LogP contribution in [0.1, 0.15) is 40.5 Å². The maximum absolute atomic E-state index is 11.3. The van der Waals surface area contributed by atoms with Gasteiger partial charge in [-0.1, -0.05) is 0 Å². The van der Waals surface area contributed by atoms with Crippen molar-refractivity contribution in [1.82, 2.24) is 5.32 Å². The summed E-state index contributed by atoms with van der Waals surface area (Å²) in [5.41, 5.74) is -0.687. The van der Waals surface area contributed by atoms with Gasteiger partial charge in [0.05, 0.1) is 0 Å². The van der Waals surface area contributed by atoms with Crippen LogP contribution in [0.15, 0.2) is 0 Å². The van der Waals surface area contributed by atoms with E-state index in [1.807, 2.05) is 0 Å². The Morgan fingerprint density at radius 3 is 2.18 bits per heavy atom. The molecule has 0 saturated heterocycles. The van der Waals surface area contributed by atoms with Crippen molar-refractivity contribution in [2.75, 3.05) is 0 Å². The molecule has 0 fully saturated rings. The molecule has 0 aromatic heterocycles. The molecule has 6 heteroatoms. The van der Waals surface area contributed by atoms with Gasteiger partial charge in [-0.25, -0.2) is 9.59 Å². The Balaban J connectivity index is 4.30. The minimum atomic E-state index is -1.18. The van der Waals surface area contributed by atoms with E-state index >= 15 is 0 Å². The van der Waals surface area contributed by atoms with E-state index in [1.54, 1.807) is 20.8 Å². The van der Waals surface area contributed by atoms with Crippen LogP contribution in [0.25, 0.3) is 0 Å². The Bertz CT molecular complexity index is 305. The number of hydrogen-bond acceptors (Lipinski definition) is 4. The maximum atomic E-state index is 11.3. The van der Waals surface area contributed by atoms with E-state index in [0.717, 1.165) is 0 Å². The van der Waals surface area contributed by atoms with Crippen molar-refractivity contribution in [2.24, 2.45) is 0 Å². The van der Waals surface area contributed by atoms with Crippen molar-refractivity contribution in [1.29, 1.82) is 0 Å². The monoisotopic (exact) mass is 245 g/mol. The number of nitrogens with one attached hydrogen (secondary N) is 1. The molecule has 17 heavy (non-hydrogen) atoms. The number of ketones is 1. The topological polar surface area (TPSA) is 92.7 Å². The van der Waals surface area contributed by atoms with Gasteiger partial charge in [0.25, 0.3) is 0 Å². The quantitative estimate of drug-likeness (QED) is 0.762. The van der Waals surface area contributed by atoms with Gasteiger partial charge in [0, 0.05) is 6.42 Å². The fourth-order valence-electron chi connectivity index (χ4n) is 1.05. The van der Waals surface area contributed by atoms with Crippen molar-refractivity contribution >= 4 is 17.8 Å². The Morgan fingerprint density at radius 1 is 1.29 bits per heavy atom. The van der Waals surface area contributed by atoms with E-state index in [-0.39, 0.29) is 18.6 Å². The summed E-state index contributed by atoms with van der Waals surface area (Å²) in [6, 6.07) is -1.10. The molecule has 0 aromatic carbocycles. The standard InChI is InChI=1S/C11H19NO5/c1-7(13)5-6-8(9(14)15)12-10(16)17-11(2,3)4/h8H,5-6H2,1-4H3,(H,12,16)(H,14,15)/t8-/m0/s1. The van der Waals surface area contributed by atoms with Gasteiger partial charge in [0.15, 0.2) is 0 Å². The summed E-state index contributed by atoms with van der Waals surface area (Å²) in [6.07, 6.45) is -0.634. The number of carbonyl (C=O) groups is 3. The maximum Gasteiger partial charge on any atom is 0.408 e. The van der Waals surface area contributed by atoms with Crippen molar-refractivity contribution in [3.05, 3.63) is 0 Å². The van der Waals surface area contributed by atoms with Crippen molar-refractivity contribution in [2.45, 2.75) is 52.2 Å². The molecule has 0 aliphatic carbocycles. The summed E-state index contributed by atoms with van der Waals surface area (Å²) in [5.74, 6) is -1.31. The van der Waals surface area contributed by atoms with Crippen molar-refractivity contribution < 1.29 is 24.2 Å². The van der Waals surface area contributed by atoms with Gasteiger partial charge in [0.1, 0.15) is 17.4 Å². The molecule has 0 saturated carbocycles. The van der Waals surface area contributed by atoms with Crippen LogP contribution in [0.4, 0.5) is 4.79 Å². The number of alkyl carbamates (subject to hydrolysis) is 1. The van der Waals surface area contributed by atoms with Gasteiger partial charge in [-0.05, 0) is 34.1 Å². The third kappa shape index (κ3) is 8.24. The fourth-order valence-corrected chi connectivity index (χ4v) is 1.05. The number of Topliss-reactive ketones (excluding diaryl/α,β-unsaturated/α-hetero) is 1. The lowest BCUT2D eigenvalue weighted by Gasteiger charge is -2.21. The molecule has 0 heterocycles. The number of carbonyl (C=O) groups excluding carboxylic acids is 2. The van der Waals surface area contributed by atoms with Crippen LogP contribution in [-0.4, -0.2) is 34.6 Å². The van der Waals surface area contributed by atoms with Crippen LogP contribution >= 0.6 is 0 Å². The Morgan fingerprint density at radius 2 is 1.82 bits per heavy atom. The molecule has 0 aliphatic heterocycles. The highest BCUT2D eigenvalue weighted by atomic mass is 16.6. The number of rotatable bonds is 5. The van der Waals surface area contributed by atoms with Gasteiger partial charge in [-0.15, -0.1) is 0 Å². The molecule has 0 bridgehead atoms. The lowest BCUT2D eigenvalue weighted by molar-refractivity contribution is -0.139. The zero-order valence-electron chi connectivity index (χ0n) is 10.6. The van der Waals surface area contributed by atoms with E-state index in [2.05, 4.69) is 5.32 Å². The summed E-state index contributed by atoms with van der Waals surface area (Å²) < 4.78 is 4.93. The van der Waals surface area contributed by atoms with Crippen LogP contribution in [-0.2, 0) is 14.3 Å². The van der Waals surface area contributed by atoms with Crippen molar-refractivity contribution in [3.8, 4) is 0 Å². The molecule has 1 amide bonds. The van der Waals surface area contributed by atoms with Gasteiger partial charge >= 0.3 is 12.1 Å². The Kier molecular flexibility index (Phi) is 5.64. The summed E-state index contributed by atoms with van der Waals surface area (Å²) in [6.45, 7) is 6.40. The highest BCUT2D eigenvalue weighted by Gasteiger charge is 2.23. The Hall–Kier alpha value is -1.59. The van der Waals surface area contributed by atoms with E-state index in [0.29, 0.717) is 0 Å². The van der Waals surface area contributed by atoms with E-state index in [1.165, 1.54) is 6.92 Å². The van der Waals surface area contributed by atoms with Crippen LogP contribution < -0.4 is 5.32 Å². The third-order valence-electron chi connectivity index (χ3n) is 1.77. The number of carboxylic acid groups (broad SMARTS) is 1. The number of hydrogen-bond donors (Lipinski definition) is 2. The normalized spacial score (nSPS) is 12.7. The minimum absolute atomic E-state index is 0.0594. The van der Waals surface area contributed by atoms with E-state index in [9.17, 15) is 14.4 Å².